The third-order valence-corrected chi connectivity index (χ3v) is 2.15. The molecule has 0 aromatic heterocycles. The molecule has 6 heteroatoms. The van der Waals surface area contributed by atoms with Crippen molar-refractivity contribution in [3.63, 3.8) is 0 Å². The molecule has 0 heterocycles. The summed E-state index contributed by atoms with van der Waals surface area (Å²) in [6, 6.07) is 8.22. The quantitative estimate of drug-likeness (QED) is 0.571. The molecule has 0 fully saturated rings. The zero-order valence-electron chi connectivity index (χ0n) is 8.93. The Hall–Kier alpha value is -1.46. The highest BCUT2D eigenvalue weighted by Gasteiger charge is 2.59. The number of halogens is 5. The van der Waals surface area contributed by atoms with E-state index >= 15 is 0 Å². The Balaban J connectivity index is 2.80. The van der Waals surface area contributed by atoms with Gasteiger partial charge in [0.1, 0.15) is 0 Å². The van der Waals surface area contributed by atoms with E-state index in [0.717, 1.165) is 0 Å². The summed E-state index contributed by atoms with van der Waals surface area (Å²) < 4.78 is 61.5. The maximum Gasteiger partial charge on any atom is 0.459 e. The molecule has 17 heavy (non-hydrogen) atoms. The predicted molar refractivity (Wildman–Crippen MR) is 54.3 cm³/mol. The van der Waals surface area contributed by atoms with Crippen LogP contribution in [-0.4, -0.2) is 17.8 Å². The molecule has 0 spiro atoms. The summed E-state index contributed by atoms with van der Waals surface area (Å²) in [6.45, 7) is 0.481. The number of hydrogen-bond donors (Lipinski definition) is 0. The van der Waals surface area contributed by atoms with Gasteiger partial charge >= 0.3 is 12.1 Å². The van der Waals surface area contributed by atoms with E-state index in [1.807, 2.05) is 0 Å². The molecule has 0 saturated heterocycles. The van der Waals surface area contributed by atoms with Gasteiger partial charge in [-0.1, -0.05) is 30.3 Å². The van der Waals surface area contributed by atoms with Crippen molar-refractivity contribution in [3.8, 4) is 0 Å². The maximum absolute atomic E-state index is 12.8. The van der Waals surface area contributed by atoms with Gasteiger partial charge in [-0.05, 0) is 12.5 Å². The molecular formula is C11H10F5N. The molecule has 1 aromatic carbocycles. The fraction of sp³-hybridized carbons (Fsp3) is 0.364. The summed E-state index contributed by atoms with van der Waals surface area (Å²) >= 11 is 0. The van der Waals surface area contributed by atoms with Crippen LogP contribution in [0.15, 0.2) is 35.3 Å². The van der Waals surface area contributed by atoms with Crippen LogP contribution in [0.2, 0.25) is 0 Å². The van der Waals surface area contributed by atoms with Gasteiger partial charge in [0.05, 0.1) is 12.3 Å². The Kier molecular flexibility index (Phi) is 3.85. The number of aliphatic imine (C=N–C) groups is 1. The molecule has 0 bridgehead atoms. The standard InChI is InChI=1S/C11H10F5N/c1-8(10(12,13)11(14,15)16)17-7-9-5-3-2-4-6-9/h2-6H,7H2,1H3. The van der Waals surface area contributed by atoms with E-state index in [4.69, 9.17) is 0 Å². The Morgan fingerprint density at radius 2 is 1.59 bits per heavy atom. The van der Waals surface area contributed by atoms with E-state index in [1.165, 1.54) is 0 Å². The van der Waals surface area contributed by atoms with Gasteiger partial charge in [-0.15, -0.1) is 0 Å². The Bertz CT molecular complexity index is 394. The molecular weight excluding hydrogens is 241 g/mol. The Morgan fingerprint density at radius 1 is 1.06 bits per heavy atom. The fourth-order valence-electron chi connectivity index (χ4n) is 1.10. The third-order valence-electron chi connectivity index (χ3n) is 2.15. The van der Waals surface area contributed by atoms with E-state index in [0.29, 0.717) is 12.5 Å². The van der Waals surface area contributed by atoms with Gasteiger partial charge in [-0.3, -0.25) is 4.99 Å². The molecule has 0 radical (unpaired) electrons. The molecule has 1 rings (SSSR count). The van der Waals surface area contributed by atoms with Crippen molar-refractivity contribution in [2.24, 2.45) is 4.99 Å². The largest absolute Gasteiger partial charge is 0.459 e. The van der Waals surface area contributed by atoms with Crippen LogP contribution in [-0.2, 0) is 6.54 Å². The van der Waals surface area contributed by atoms with E-state index in [1.54, 1.807) is 30.3 Å². The molecule has 0 amide bonds. The van der Waals surface area contributed by atoms with E-state index in [2.05, 4.69) is 4.99 Å². The van der Waals surface area contributed by atoms with Crippen LogP contribution in [0.3, 0.4) is 0 Å². The molecule has 94 valence electrons. The minimum atomic E-state index is -5.60. The van der Waals surface area contributed by atoms with Gasteiger partial charge in [0, 0.05) is 0 Å². The van der Waals surface area contributed by atoms with Crippen molar-refractivity contribution in [2.45, 2.75) is 25.6 Å². The Labute approximate surface area is 95.0 Å². The van der Waals surface area contributed by atoms with Crippen LogP contribution in [0.25, 0.3) is 0 Å². The van der Waals surface area contributed by atoms with E-state index in [-0.39, 0.29) is 6.54 Å². The van der Waals surface area contributed by atoms with Crippen LogP contribution in [0.5, 0.6) is 0 Å². The van der Waals surface area contributed by atoms with Gasteiger partial charge < -0.3 is 0 Å². The normalized spacial score (nSPS) is 13.9. The first-order valence-corrected chi connectivity index (χ1v) is 4.75. The van der Waals surface area contributed by atoms with Crippen LogP contribution in [0.1, 0.15) is 12.5 Å². The zero-order valence-corrected chi connectivity index (χ0v) is 8.93. The SMILES string of the molecule is CC(=NCc1ccccc1)C(F)(F)C(F)(F)F. The summed E-state index contributed by atoms with van der Waals surface area (Å²) in [4.78, 5) is 3.28. The first-order valence-electron chi connectivity index (χ1n) is 4.75. The smallest absolute Gasteiger partial charge is 0.283 e. The van der Waals surface area contributed by atoms with Crippen molar-refractivity contribution in [2.75, 3.05) is 0 Å². The molecule has 0 aliphatic carbocycles. The summed E-state index contributed by atoms with van der Waals surface area (Å²) in [5, 5.41) is 0. The van der Waals surface area contributed by atoms with Crippen molar-refractivity contribution >= 4 is 5.71 Å². The molecule has 0 saturated carbocycles. The van der Waals surface area contributed by atoms with Crippen molar-refractivity contribution in [3.05, 3.63) is 35.9 Å². The molecule has 0 aliphatic rings. The lowest BCUT2D eigenvalue weighted by Crippen LogP contribution is -2.42. The summed E-state index contributed by atoms with van der Waals surface area (Å²) in [5.74, 6) is -4.87. The lowest BCUT2D eigenvalue weighted by Gasteiger charge is -2.19. The molecule has 0 N–H and O–H groups in total. The summed E-state index contributed by atoms with van der Waals surface area (Å²) in [7, 11) is 0. The maximum atomic E-state index is 12.8. The number of nitrogens with zero attached hydrogens (tertiary/aromatic N) is 1. The third kappa shape index (κ3) is 3.25. The van der Waals surface area contributed by atoms with Crippen LogP contribution < -0.4 is 0 Å². The fourth-order valence-corrected chi connectivity index (χ4v) is 1.10. The number of hydrogen-bond acceptors (Lipinski definition) is 1. The lowest BCUT2D eigenvalue weighted by molar-refractivity contribution is -0.249. The minimum Gasteiger partial charge on any atom is -0.283 e. The average molecular weight is 251 g/mol. The molecule has 1 aromatic rings. The second kappa shape index (κ2) is 4.81. The summed E-state index contributed by atoms with van der Waals surface area (Å²) in [5.41, 5.74) is -0.654. The van der Waals surface area contributed by atoms with Gasteiger partial charge in [0.15, 0.2) is 0 Å². The van der Waals surface area contributed by atoms with Crippen molar-refractivity contribution in [1.82, 2.24) is 0 Å². The average Bonchev–Trinajstić information content (AvgIpc) is 2.25. The Morgan fingerprint density at radius 3 is 2.06 bits per heavy atom. The molecule has 0 aliphatic heterocycles. The highest BCUT2D eigenvalue weighted by molar-refractivity contribution is 5.89. The summed E-state index contributed by atoms with van der Waals surface area (Å²) in [6.07, 6.45) is -5.60. The van der Waals surface area contributed by atoms with Gasteiger partial charge in [0.25, 0.3) is 0 Å². The van der Waals surface area contributed by atoms with Crippen LogP contribution in [0, 0.1) is 0 Å². The van der Waals surface area contributed by atoms with Gasteiger partial charge in [0.2, 0.25) is 0 Å². The first kappa shape index (κ1) is 13.6. The lowest BCUT2D eigenvalue weighted by atomic mass is 10.2. The van der Waals surface area contributed by atoms with Gasteiger partial charge in [-0.25, -0.2) is 0 Å². The number of alkyl halides is 5. The first-order chi connectivity index (χ1) is 7.75. The predicted octanol–water partition coefficient (Wildman–Crippen LogP) is 3.85. The van der Waals surface area contributed by atoms with Crippen LogP contribution in [0.4, 0.5) is 22.0 Å². The van der Waals surface area contributed by atoms with Crippen LogP contribution >= 0.6 is 0 Å². The highest BCUT2D eigenvalue weighted by Crippen LogP contribution is 2.36. The van der Waals surface area contributed by atoms with E-state index < -0.39 is 17.8 Å². The monoisotopic (exact) mass is 251 g/mol. The molecule has 0 unspecified atom stereocenters. The number of benzene rings is 1. The zero-order chi connectivity index (χ0) is 13.1. The molecule has 0 atom stereocenters. The topological polar surface area (TPSA) is 12.4 Å². The van der Waals surface area contributed by atoms with Gasteiger partial charge in [-0.2, -0.15) is 22.0 Å². The van der Waals surface area contributed by atoms with Crippen molar-refractivity contribution in [1.29, 1.82) is 0 Å². The minimum absolute atomic E-state index is 0.196. The van der Waals surface area contributed by atoms with E-state index in [9.17, 15) is 22.0 Å². The second-order valence-electron chi connectivity index (χ2n) is 3.46. The second-order valence-corrected chi connectivity index (χ2v) is 3.46. The highest BCUT2D eigenvalue weighted by atomic mass is 19.4. The molecule has 1 nitrogen and oxygen atoms in total. The number of rotatable bonds is 3. The van der Waals surface area contributed by atoms with Crippen molar-refractivity contribution < 1.29 is 22.0 Å².